The molecule has 0 aliphatic carbocycles. The number of nitrogens with zero attached hydrogens (tertiary/aromatic N) is 1. The van der Waals surface area contributed by atoms with Crippen molar-refractivity contribution in [3.63, 3.8) is 0 Å². The molecule has 0 aromatic heterocycles. The van der Waals surface area contributed by atoms with E-state index in [0.717, 1.165) is 11.1 Å². The normalized spacial score (nSPS) is 10.3. The molecule has 0 saturated heterocycles. The molecule has 5 nitrogen and oxygen atoms in total. The summed E-state index contributed by atoms with van der Waals surface area (Å²) in [6, 6.07) is 11.7. The lowest BCUT2D eigenvalue weighted by Crippen LogP contribution is -2.28. The molecular weight excluding hydrogens is 318 g/mol. The lowest BCUT2D eigenvalue weighted by molar-refractivity contribution is -0.129. The molecule has 25 heavy (non-hydrogen) atoms. The van der Waals surface area contributed by atoms with Gasteiger partial charge in [-0.25, -0.2) is 0 Å². The van der Waals surface area contributed by atoms with Crippen molar-refractivity contribution in [2.75, 3.05) is 28.4 Å². The van der Waals surface area contributed by atoms with Crippen molar-refractivity contribution in [1.82, 2.24) is 4.90 Å². The zero-order chi connectivity index (χ0) is 18.4. The summed E-state index contributed by atoms with van der Waals surface area (Å²) >= 11 is 0. The summed E-state index contributed by atoms with van der Waals surface area (Å²) in [5.41, 5.74) is 3.04. The summed E-state index contributed by atoms with van der Waals surface area (Å²) in [6.45, 7) is 2.45. The Bertz CT molecular complexity index is 725. The lowest BCUT2D eigenvalue weighted by atomic mass is 10.1. The second-order valence-corrected chi connectivity index (χ2v) is 5.91. The van der Waals surface area contributed by atoms with Crippen molar-refractivity contribution in [3.8, 4) is 17.2 Å². The van der Waals surface area contributed by atoms with E-state index >= 15 is 0 Å². The number of benzene rings is 2. The topological polar surface area (TPSA) is 48.0 Å². The van der Waals surface area contributed by atoms with Crippen molar-refractivity contribution in [3.05, 3.63) is 53.1 Å². The van der Waals surface area contributed by atoms with Gasteiger partial charge in [0, 0.05) is 19.2 Å². The molecule has 2 aromatic carbocycles. The fourth-order valence-electron chi connectivity index (χ4n) is 2.65. The Morgan fingerprint density at radius 1 is 0.920 bits per heavy atom. The van der Waals surface area contributed by atoms with Crippen molar-refractivity contribution < 1.29 is 19.0 Å². The Morgan fingerprint density at radius 3 is 2.12 bits per heavy atom. The molecule has 0 spiro atoms. The highest BCUT2D eigenvalue weighted by atomic mass is 16.5. The summed E-state index contributed by atoms with van der Waals surface area (Å²) in [7, 11) is 6.51. The molecule has 0 unspecified atom stereocenters. The molecule has 5 heteroatoms. The van der Waals surface area contributed by atoms with E-state index in [-0.39, 0.29) is 5.91 Å². The molecule has 0 bridgehead atoms. The highest BCUT2D eigenvalue weighted by Gasteiger charge is 2.18. The Morgan fingerprint density at radius 2 is 1.56 bits per heavy atom. The summed E-state index contributed by atoms with van der Waals surface area (Å²) < 4.78 is 16.2. The Balaban J connectivity index is 2.15. The van der Waals surface area contributed by atoms with Crippen LogP contribution in [-0.2, 0) is 17.8 Å². The van der Waals surface area contributed by atoms with Crippen LogP contribution in [0.1, 0.15) is 16.7 Å². The minimum atomic E-state index is 0.0423. The lowest BCUT2D eigenvalue weighted by Gasteiger charge is -2.21. The van der Waals surface area contributed by atoms with Crippen molar-refractivity contribution in [2.24, 2.45) is 0 Å². The third-order valence-corrected chi connectivity index (χ3v) is 4.09. The molecule has 0 fully saturated rings. The van der Waals surface area contributed by atoms with Crippen LogP contribution >= 0.6 is 0 Å². The molecule has 0 atom stereocenters. The molecule has 0 N–H and O–H groups in total. The Kier molecular flexibility index (Phi) is 6.28. The fourth-order valence-corrected chi connectivity index (χ4v) is 2.65. The van der Waals surface area contributed by atoms with E-state index in [0.29, 0.717) is 30.2 Å². The number of hydrogen-bond acceptors (Lipinski definition) is 4. The van der Waals surface area contributed by atoms with Gasteiger partial charge >= 0.3 is 0 Å². The highest BCUT2D eigenvalue weighted by Crippen LogP contribution is 2.40. The van der Waals surface area contributed by atoms with Gasteiger partial charge in [0.2, 0.25) is 11.7 Å². The fraction of sp³-hybridized carbons (Fsp3) is 0.350. The first-order valence-corrected chi connectivity index (χ1v) is 8.07. The van der Waals surface area contributed by atoms with Gasteiger partial charge in [-0.1, -0.05) is 29.8 Å². The third kappa shape index (κ3) is 4.44. The first-order valence-electron chi connectivity index (χ1n) is 8.07. The number of hydrogen-bond donors (Lipinski definition) is 0. The van der Waals surface area contributed by atoms with Crippen molar-refractivity contribution >= 4 is 5.91 Å². The largest absolute Gasteiger partial charge is 0.493 e. The maximum absolute atomic E-state index is 12.5. The van der Waals surface area contributed by atoms with Crippen LogP contribution in [0.4, 0.5) is 0 Å². The second kappa shape index (κ2) is 8.42. The molecule has 0 aliphatic heterocycles. The zero-order valence-electron chi connectivity index (χ0n) is 15.5. The van der Waals surface area contributed by atoms with Crippen LogP contribution in [0.15, 0.2) is 36.4 Å². The number of amides is 1. The van der Waals surface area contributed by atoms with Gasteiger partial charge < -0.3 is 19.1 Å². The third-order valence-electron chi connectivity index (χ3n) is 4.09. The van der Waals surface area contributed by atoms with Gasteiger partial charge in [0.1, 0.15) is 0 Å². The summed E-state index contributed by atoms with van der Waals surface area (Å²) in [5.74, 6) is 1.75. The van der Waals surface area contributed by atoms with E-state index in [1.807, 2.05) is 43.3 Å². The monoisotopic (exact) mass is 343 g/mol. The average Bonchev–Trinajstić information content (AvgIpc) is 2.62. The van der Waals surface area contributed by atoms with E-state index < -0.39 is 0 Å². The Hall–Kier alpha value is -2.69. The SMILES string of the molecule is COc1ccc(CN(C)C(=O)Cc2ccc(C)cc2)c(OC)c1OC. The van der Waals surface area contributed by atoms with Gasteiger partial charge in [-0.15, -0.1) is 0 Å². The number of carbonyl (C=O) groups is 1. The molecule has 0 saturated carbocycles. The van der Waals surface area contributed by atoms with Gasteiger partial charge in [-0.2, -0.15) is 0 Å². The molecule has 134 valence electrons. The van der Waals surface area contributed by atoms with E-state index in [9.17, 15) is 4.79 Å². The van der Waals surface area contributed by atoms with Crippen LogP contribution in [0.3, 0.4) is 0 Å². The number of methoxy groups -OCH3 is 3. The van der Waals surface area contributed by atoms with Gasteiger partial charge in [0.05, 0.1) is 27.8 Å². The van der Waals surface area contributed by atoms with E-state index in [1.165, 1.54) is 5.56 Å². The molecule has 0 heterocycles. The Labute approximate surface area is 149 Å². The zero-order valence-corrected chi connectivity index (χ0v) is 15.5. The van der Waals surface area contributed by atoms with Crippen LogP contribution in [0.25, 0.3) is 0 Å². The molecule has 1 amide bonds. The smallest absolute Gasteiger partial charge is 0.227 e. The number of likely N-dealkylation sites (N-methyl/N-ethyl adjacent to an activating group) is 1. The number of aryl methyl sites for hydroxylation is 1. The second-order valence-electron chi connectivity index (χ2n) is 5.91. The van der Waals surface area contributed by atoms with Gasteiger partial charge in [0.15, 0.2) is 11.5 Å². The minimum absolute atomic E-state index is 0.0423. The maximum Gasteiger partial charge on any atom is 0.227 e. The van der Waals surface area contributed by atoms with Crippen LogP contribution in [0.2, 0.25) is 0 Å². The minimum Gasteiger partial charge on any atom is -0.493 e. The standard InChI is InChI=1S/C20H25NO4/c1-14-6-8-15(9-7-14)12-18(22)21(2)13-16-10-11-17(23-3)20(25-5)19(16)24-4/h6-11H,12-13H2,1-5H3. The van der Waals surface area contributed by atoms with E-state index in [4.69, 9.17) is 14.2 Å². The summed E-state index contributed by atoms with van der Waals surface area (Å²) in [5, 5.41) is 0. The molecule has 2 rings (SSSR count). The maximum atomic E-state index is 12.5. The van der Waals surface area contributed by atoms with Gasteiger partial charge in [0.25, 0.3) is 0 Å². The first kappa shape index (κ1) is 18.6. The predicted molar refractivity (Wildman–Crippen MR) is 97.5 cm³/mol. The van der Waals surface area contributed by atoms with Gasteiger partial charge in [-0.3, -0.25) is 4.79 Å². The molecular formula is C20H25NO4. The van der Waals surface area contributed by atoms with Crippen LogP contribution in [-0.4, -0.2) is 39.2 Å². The summed E-state index contributed by atoms with van der Waals surface area (Å²) in [6.07, 6.45) is 0.367. The van der Waals surface area contributed by atoms with E-state index in [2.05, 4.69) is 0 Å². The van der Waals surface area contributed by atoms with Crippen molar-refractivity contribution in [1.29, 1.82) is 0 Å². The molecule has 0 aliphatic rings. The van der Waals surface area contributed by atoms with Crippen LogP contribution < -0.4 is 14.2 Å². The number of rotatable bonds is 7. The van der Waals surface area contributed by atoms with Crippen LogP contribution in [0, 0.1) is 6.92 Å². The highest BCUT2D eigenvalue weighted by molar-refractivity contribution is 5.78. The molecule has 2 aromatic rings. The van der Waals surface area contributed by atoms with Crippen molar-refractivity contribution in [2.45, 2.75) is 19.9 Å². The van der Waals surface area contributed by atoms with Gasteiger partial charge in [-0.05, 0) is 24.6 Å². The quantitative estimate of drug-likeness (QED) is 0.774. The predicted octanol–water partition coefficient (Wildman–Crippen LogP) is 3.22. The first-order chi connectivity index (χ1) is 12.0. The average molecular weight is 343 g/mol. The number of carbonyl (C=O) groups excluding carboxylic acids is 1. The summed E-state index contributed by atoms with van der Waals surface area (Å²) in [4.78, 5) is 14.2. The molecule has 0 radical (unpaired) electrons. The number of ether oxygens (including phenoxy) is 3. The van der Waals surface area contributed by atoms with Crippen LogP contribution in [0.5, 0.6) is 17.2 Å². The van der Waals surface area contributed by atoms with E-state index in [1.54, 1.807) is 33.3 Å².